The molecule has 1 aromatic heterocycles. The van der Waals surface area contributed by atoms with E-state index in [0.29, 0.717) is 12.6 Å². The van der Waals surface area contributed by atoms with Gasteiger partial charge in [0.2, 0.25) is 0 Å². The molecule has 3 nitrogen and oxygen atoms in total. The van der Waals surface area contributed by atoms with Crippen molar-refractivity contribution in [2.75, 3.05) is 6.54 Å². The van der Waals surface area contributed by atoms with Crippen molar-refractivity contribution in [3.05, 3.63) is 51.5 Å². The molecule has 0 spiro atoms. The Labute approximate surface area is 118 Å². The highest BCUT2D eigenvalue weighted by atomic mass is 32.1. The molecule has 3 rings (SSSR count). The molecule has 1 atom stereocenters. The summed E-state index contributed by atoms with van der Waals surface area (Å²) in [5.74, 6) is 0. The number of fused-ring (bicyclic) bond motifs is 1. The van der Waals surface area contributed by atoms with E-state index in [1.54, 1.807) is 11.3 Å². The summed E-state index contributed by atoms with van der Waals surface area (Å²) in [6.07, 6.45) is 1.05. The van der Waals surface area contributed by atoms with E-state index in [1.165, 1.54) is 16.1 Å². The van der Waals surface area contributed by atoms with Crippen molar-refractivity contribution < 1.29 is 0 Å². The normalized spacial score (nSPS) is 19.4. The molecule has 0 radical (unpaired) electrons. The van der Waals surface area contributed by atoms with Crippen LogP contribution in [0.15, 0.2) is 29.6 Å². The summed E-state index contributed by atoms with van der Waals surface area (Å²) >= 11 is 1.74. The second-order valence-electron chi connectivity index (χ2n) is 5.15. The van der Waals surface area contributed by atoms with E-state index in [9.17, 15) is 0 Å². The van der Waals surface area contributed by atoms with Crippen LogP contribution in [0.5, 0.6) is 0 Å². The molecule has 0 fully saturated rings. The predicted octanol–water partition coefficient (Wildman–Crippen LogP) is 2.34. The van der Waals surface area contributed by atoms with E-state index in [4.69, 9.17) is 5.73 Å². The van der Waals surface area contributed by atoms with Gasteiger partial charge in [-0.05, 0) is 24.5 Å². The Hall–Kier alpha value is -1.23. The first-order chi connectivity index (χ1) is 9.26. The number of aryl methyl sites for hydroxylation is 1. The number of nitrogens with zero attached hydrogens (tertiary/aromatic N) is 2. The summed E-state index contributed by atoms with van der Waals surface area (Å²) in [5.41, 5.74) is 9.94. The molecule has 19 heavy (non-hydrogen) atoms. The molecule has 1 aliphatic rings. The highest BCUT2D eigenvalue weighted by Gasteiger charge is 2.25. The van der Waals surface area contributed by atoms with Crippen LogP contribution in [0.25, 0.3) is 0 Å². The standard InChI is InChI=1S/C15H19N3S/c1-11-10-19-15(17-11)9-18-8-13-5-3-2-4-12(13)6-14(18)7-16/h2-5,10,14H,6-9,16H2,1H3. The molecule has 100 valence electrons. The summed E-state index contributed by atoms with van der Waals surface area (Å²) in [5, 5.41) is 3.31. The average Bonchev–Trinajstić information content (AvgIpc) is 2.83. The van der Waals surface area contributed by atoms with Crippen LogP contribution in [0.2, 0.25) is 0 Å². The molecule has 0 amide bonds. The molecule has 1 aliphatic heterocycles. The maximum atomic E-state index is 5.95. The molecule has 0 saturated carbocycles. The monoisotopic (exact) mass is 273 g/mol. The molecule has 0 aliphatic carbocycles. The number of benzene rings is 1. The zero-order chi connectivity index (χ0) is 13.2. The number of nitrogens with two attached hydrogens (primary N) is 1. The minimum atomic E-state index is 0.430. The van der Waals surface area contributed by atoms with Gasteiger partial charge in [0.25, 0.3) is 0 Å². The number of rotatable bonds is 3. The first-order valence-electron chi connectivity index (χ1n) is 6.68. The van der Waals surface area contributed by atoms with E-state index in [-0.39, 0.29) is 0 Å². The smallest absolute Gasteiger partial charge is 0.107 e. The molecule has 4 heteroatoms. The third-order valence-corrected chi connectivity index (χ3v) is 4.69. The minimum Gasteiger partial charge on any atom is -0.329 e. The Bertz CT molecular complexity index is 564. The minimum absolute atomic E-state index is 0.430. The summed E-state index contributed by atoms with van der Waals surface area (Å²) in [7, 11) is 0. The van der Waals surface area contributed by atoms with Crippen LogP contribution in [0.1, 0.15) is 21.8 Å². The van der Waals surface area contributed by atoms with Gasteiger partial charge in [-0.3, -0.25) is 4.90 Å². The molecule has 2 N–H and O–H groups in total. The van der Waals surface area contributed by atoms with Gasteiger partial charge >= 0.3 is 0 Å². The SMILES string of the molecule is Cc1csc(CN2Cc3ccccc3CC2CN)n1. The molecule has 2 aromatic rings. The van der Waals surface area contributed by atoms with E-state index in [2.05, 4.69) is 39.5 Å². The lowest BCUT2D eigenvalue weighted by atomic mass is 9.94. The second-order valence-corrected chi connectivity index (χ2v) is 6.09. The maximum Gasteiger partial charge on any atom is 0.107 e. The van der Waals surface area contributed by atoms with Crippen molar-refractivity contribution in [3.8, 4) is 0 Å². The molecular formula is C15H19N3S. The number of aromatic nitrogens is 1. The van der Waals surface area contributed by atoms with E-state index >= 15 is 0 Å². The zero-order valence-electron chi connectivity index (χ0n) is 11.2. The Morgan fingerprint density at radius 1 is 1.37 bits per heavy atom. The molecular weight excluding hydrogens is 254 g/mol. The lowest BCUT2D eigenvalue weighted by Gasteiger charge is -2.35. The van der Waals surface area contributed by atoms with Gasteiger partial charge in [0.05, 0.1) is 6.54 Å². The maximum absolute atomic E-state index is 5.95. The van der Waals surface area contributed by atoms with Crippen LogP contribution in [0.4, 0.5) is 0 Å². The van der Waals surface area contributed by atoms with Gasteiger partial charge in [-0.2, -0.15) is 0 Å². The van der Waals surface area contributed by atoms with Crippen molar-refractivity contribution >= 4 is 11.3 Å². The fourth-order valence-electron chi connectivity index (χ4n) is 2.71. The first-order valence-corrected chi connectivity index (χ1v) is 7.56. The van der Waals surface area contributed by atoms with Crippen LogP contribution in [-0.4, -0.2) is 22.5 Å². The second kappa shape index (κ2) is 5.41. The lowest BCUT2D eigenvalue weighted by molar-refractivity contribution is 0.167. The average molecular weight is 273 g/mol. The van der Waals surface area contributed by atoms with Crippen LogP contribution in [0.3, 0.4) is 0 Å². The lowest BCUT2D eigenvalue weighted by Crippen LogP contribution is -2.44. The van der Waals surface area contributed by atoms with Crippen molar-refractivity contribution in [1.82, 2.24) is 9.88 Å². The van der Waals surface area contributed by atoms with Crippen molar-refractivity contribution in [2.24, 2.45) is 5.73 Å². The third kappa shape index (κ3) is 2.71. The highest BCUT2D eigenvalue weighted by molar-refractivity contribution is 7.09. The third-order valence-electron chi connectivity index (χ3n) is 3.74. The van der Waals surface area contributed by atoms with Crippen LogP contribution >= 0.6 is 11.3 Å². The van der Waals surface area contributed by atoms with Gasteiger partial charge in [0, 0.05) is 30.2 Å². The summed E-state index contributed by atoms with van der Waals surface area (Å²) in [4.78, 5) is 7.02. The van der Waals surface area contributed by atoms with Gasteiger partial charge in [-0.1, -0.05) is 24.3 Å². The molecule has 0 saturated heterocycles. The summed E-state index contributed by atoms with van der Waals surface area (Å²) in [6.45, 7) is 4.65. The van der Waals surface area contributed by atoms with Crippen LogP contribution < -0.4 is 5.73 Å². The van der Waals surface area contributed by atoms with Gasteiger partial charge in [0.1, 0.15) is 5.01 Å². The Morgan fingerprint density at radius 3 is 2.84 bits per heavy atom. The molecule has 1 aromatic carbocycles. The predicted molar refractivity (Wildman–Crippen MR) is 79.1 cm³/mol. The van der Waals surface area contributed by atoms with Gasteiger partial charge in [-0.25, -0.2) is 4.98 Å². The van der Waals surface area contributed by atoms with Gasteiger partial charge in [0.15, 0.2) is 0 Å². The van der Waals surface area contributed by atoms with E-state index in [0.717, 1.165) is 25.2 Å². The number of hydrogen-bond acceptors (Lipinski definition) is 4. The molecule has 1 unspecified atom stereocenters. The van der Waals surface area contributed by atoms with Crippen LogP contribution in [-0.2, 0) is 19.5 Å². The Balaban J connectivity index is 1.81. The highest BCUT2D eigenvalue weighted by Crippen LogP contribution is 2.25. The summed E-state index contributed by atoms with van der Waals surface area (Å²) in [6, 6.07) is 9.11. The topological polar surface area (TPSA) is 42.1 Å². The fourth-order valence-corrected chi connectivity index (χ4v) is 3.50. The fraction of sp³-hybridized carbons (Fsp3) is 0.400. The van der Waals surface area contributed by atoms with E-state index < -0.39 is 0 Å². The van der Waals surface area contributed by atoms with Crippen molar-refractivity contribution in [3.63, 3.8) is 0 Å². The molecule has 2 heterocycles. The molecule has 0 bridgehead atoms. The van der Waals surface area contributed by atoms with E-state index in [1.807, 2.05) is 6.92 Å². The largest absolute Gasteiger partial charge is 0.329 e. The van der Waals surface area contributed by atoms with Crippen LogP contribution in [0, 0.1) is 6.92 Å². The van der Waals surface area contributed by atoms with Gasteiger partial charge in [-0.15, -0.1) is 11.3 Å². The van der Waals surface area contributed by atoms with Crippen molar-refractivity contribution in [1.29, 1.82) is 0 Å². The Morgan fingerprint density at radius 2 is 2.16 bits per heavy atom. The quantitative estimate of drug-likeness (QED) is 0.933. The zero-order valence-corrected chi connectivity index (χ0v) is 12.0. The van der Waals surface area contributed by atoms with Gasteiger partial charge < -0.3 is 5.73 Å². The number of hydrogen-bond donors (Lipinski definition) is 1. The number of thiazole rings is 1. The summed E-state index contributed by atoms with van der Waals surface area (Å²) < 4.78 is 0. The first kappa shape index (κ1) is 12.8. The Kier molecular flexibility index (Phi) is 3.64. The van der Waals surface area contributed by atoms with Crippen molar-refractivity contribution in [2.45, 2.75) is 32.5 Å².